The number of hydrogen-bond acceptors (Lipinski definition) is 8. The van der Waals surface area contributed by atoms with E-state index in [1.807, 2.05) is 48.5 Å². The molecule has 8 nitrogen and oxygen atoms in total. The number of nitrogens with one attached hydrogen (secondary N) is 1. The van der Waals surface area contributed by atoms with Crippen molar-refractivity contribution >= 4 is 45.5 Å². The van der Waals surface area contributed by atoms with Crippen molar-refractivity contribution in [3.05, 3.63) is 76.3 Å². The highest BCUT2D eigenvalue weighted by Crippen LogP contribution is 2.28. The topological polar surface area (TPSA) is 105 Å². The van der Waals surface area contributed by atoms with Crippen LogP contribution in [0.1, 0.15) is 52.0 Å². The van der Waals surface area contributed by atoms with E-state index in [0.717, 1.165) is 57.5 Å². The van der Waals surface area contributed by atoms with Crippen LogP contribution in [-0.4, -0.2) is 51.6 Å². The molecule has 0 radical (unpaired) electrons. The number of carbonyl (C=O) groups excluding carboxylic acids is 1. The fourth-order valence-corrected chi connectivity index (χ4v) is 6.81. The second kappa shape index (κ2) is 12.8. The van der Waals surface area contributed by atoms with E-state index in [-0.39, 0.29) is 18.1 Å². The summed E-state index contributed by atoms with van der Waals surface area (Å²) in [5.74, 6) is -0.0906. The van der Waals surface area contributed by atoms with Gasteiger partial charge in [0.1, 0.15) is 11.0 Å². The smallest absolute Gasteiger partial charge is 0.274 e. The third kappa shape index (κ3) is 7.07. The van der Waals surface area contributed by atoms with Gasteiger partial charge in [-0.2, -0.15) is 10.5 Å². The van der Waals surface area contributed by atoms with E-state index in [1.54, 1.807) is 6.20 Å². The number of ether oxygens (including phenoxy) is 1. The van der Waals surface area contributed by atoms with E-state index in [4.69, 9.17) is 15.3 Å². The molecule has 1 aromatic heterocycles. The first-order valence-corrected chi connectivity index (χ1v) is 15.1. The maximum absolute atomic E-state index is 12.9. The lowest BCUT2D eigenvalue weighted by Gasteiger charge is -2.36. The number of piperidine rings is 2. The van der Waals surface area contributed by atoms with Gasteiger partial charge in [0.25, 0.3) is 11.1 Å². The number of thiazole rings is 1. The number of carbonyl (C=O) groups is 1. The zero-order chi connectivity index (χ0) is 27.2. The maximum atomic E-state index is 12.9. The molecule has 3 heterocycles. The Morgan fingerprint density at radius 1 is 1.03 bits per heavy atom. The van der Waals surface area contributed by atoms with Crippen LogP contribution in [0.25, 0.3) is 0 Å². The van der Waals surface area contributed by atoms with Crippen molar-refractivity contribution in [3.63, 3.8) is 0 Å². The molecule has 2 aliphatic rings. The zero-order valence-corrected chi connectivity index (χ0v) is 24.4. The molecule has 3 aromatic rings. The second-order valence-corrected chi connectivity index (χ2v) is 12.3. The minimum atomic E-state index is -0.0906. The standard InChI is InChI=1S/C29H29IN6O2S/c30-27-15-23(9-12-36(27)19-22-3-1-20(16-31)2-4-22)34-28(37)26-18-33-29(39-26)38-25-10-13-35(14-11-25)24-7-5-21(17-32)6-8-24/h1-8,18,23,25,27H,9-15,19H2,(H,34,37). The van der Waals surface area contributed by atoms with Gasteiger partial charge in [-0.3, -0.25) is 9.69 Å². The molecule has 2 fully saturated rings. The Morgan fingerprint density at radius 3 is 2.33 bits per heavy atom. The number of anilines is 1. The number of likely N-dealkylation sites (tertiary alicyclic amines) is 1. The molecule has 0 spiro atoms. The summed E-state index contributed by atoms with van der Waals surface area (Å²) in [4.78, 5) is 22.6. The van der Waals surface area contributed by atoms with Crippen LogP contribution < -0.4 is 15.0 Å². The van der Waals surface area contributed by atoms with Gasteiger partial charge in [-0.25, -0.2) is 4.98 Å². The number of halogens is 1. The summed E-state index contributed by atoms with van der Waals surface area (Å²) < 4.78 is 6.44. The molecule has 1 N–H and O–H groups in total. The monoisotopic (exact) mass is 652 g/mol. The van der Waals surface area contributed by atoms with Crippen molar-refractivity contribution in [2.24, 2.45) is 0 Å². The maximum Gasteiger partial charge on any atom is 0.274 e. The summed E-state index contributed by atoms with van der Waals surface area (Å²) in [5.41, 5.74) is 3.65. The Balaban J connectivity index is 1.06. The third-order valence-electron chi connectivity index (χ3n) is 7.22. The van der Waals surface area contributed by atoms with Gasteiger partial charge in [0.2, 0.25) is 0 Å². The number of hydrogen-bond donors (Lipinski definition) is 1. The van der Waals surface area contributed by atoms with Crippen molar-refractivity contribution in [1.29, 1.82) is 10.5 Å². The molecule has 2 aromatic carbocycles. The predicted octanol–water partition coefficient (Wildman–Crippen LogP) is 5.09. The molecule has 200 valence electrons. The summed E-state index contributed by atoms with van der Waals surface area (Å²) in [7, 11) is 0. The first kappa shape index (κ1) is 27.4. The summed E-state index contributed by atoms with van der Waals surface area (Å²) in [6.45, 7) is 3.48. The van der Waals surface area contributed by atoms with Crippen LogP contribution in [0.2, 0.25) is 0 Å². The Labute approximate surface area is 246 Å². The zero-order valence-electron chi connectivity index (χ0n) is 21.4. The number of nitrogens with zero attached hydrogens (tertiary/aromatic N) is 5. The van der Waals surface area contributed by atoms with Crippen LogP contribution in [0.4, 0.5) is 5.69 Å². The highest BCUT2D eigenvalue weighted by atomic mass is 127. The summed E-state index contributed by atoms with van der Waals surface area (Å²) >= 11 is 3.76. The van der Waals surface area contributed by atoms with Crippen molar-refractivity contribution in [2.45, 2.75) is 48.4 Å². The first-order chi connectivity index (χ1) is 19.0. The Morgan fingerprint density at radius 2 is 1.69 bits per heavy atom. The van der Waals surface area contributed by atoms with Gasteiger partial charge in [0, 0.05) is 50.7 Å². The summed E-state index contributed by atoms with van der Waals surface area (Å²) in [5, 5.41) is 21.7. The molecule has 0 saturated carbocycles. The van der Waals surface area contributed by atoms with Crippen molar-refractivity contribution in [3.8, 4) is 17.3 Å². The van der Waals surface area contributed by atoms with E-state index >= 15 is 0 Å². The van der Waals surface area contributed by atoms with Crippen molar-refractivity contribution in [1.82, 2.24) is 15.2 Å². The van der Waals surface area contributed by atoms with Gasteiger partial charge in [-0.15, -0.1) is 0 Å². The number of amides is 1. The lowest BCUT2D eigenvalue weighted by atomic mass is 10.0. The normalized spacial score (nSPS) is 20.1. The Kier molecular flexibility index (Phi) is 8.97. The van der Waals surface area contributed by atoms with Gasteiger partial charge < -0.3 is 15.0 Å². The summed E-state index contributed by atoms with van der Waals surface area (Å²) in [6.07, 6.45) is 5.20. The highest BCUT2D eigenvalue weighted by Gasteiger charge is 2.28. The Bertz CT molecular complexity index is 1360. The van der Waals surface area contributed by atoms with Gasteiger partial charge in [-0.1, -0.05) is 46.1 Å². The number of aromatic nitrogens is 1. The minimum Gasteiger partial charge on any atom is -0.467 e. The van der Waals surface area contributed by atoms with Crippen LogP contribution in [0.15, 0.2) is 54.7 Å². The largest absolute Gasteiger partial charge is 0.467 e. The lowest BCUT2D eigenvalue weighted by Crippen LogP contribution is -2.47. The van der Waals surface area contributed by atoms with Crippen LogP contribution in [0, 0.1) is 22.7 Å². The average molecular weight is 653 g/mol. The number of nitriles is 2. The highest BCUT2D eigenvalue weighted by molar-refractivity contribution is 14.1. The SMILES string of the molecule is N#Cc1ccc(CN2CCC(NC(=O)c3cnc(OC4CCN(c5ccc(C#N)cc5)CC4)s3)CC2I)cc1. The fourth-order valence-electron chi connectivity index (χ4n) is 4.99. The molecule has 1 amide bonds. The van der Waals surface area contributed by atoms with Gasteiger partial charge in [0.05, 0.1) is 33.5 Å². The van der Waals surface area contributed by atoms with Crippen LogP contribution in [0.3, 0.4) is 0 Å². The molecule has 2 unspecified atom stereocenters. The average Bonchev–Trinajstić information content (AvgIpc) is 3.44. The van der Waals surface area contributed by atoms with E-state index < -0.39 is 0 Å². The number of alkyl halides is 1. The van der Waals surface area contributed by atoms with E-state index in [1.165, 1.54) is 16.9 Å². The van der Waals surface area contributed by atoms with Gasteiger partial charge in [-0.05, 0) is 54.8 Å². The van der Waals surface area contributed by atoms with Gasteiger partial charge in [0.15, 0.2) is 0 Å². The number of benzene rings is 2. The van der Waals surface area contributed by atoms with Crippen LogP contribution >= 0.6 is 33.9 Å². The molecule has 2 atom stereocenters. The molecule has 5 rings (SSSR count). The molecule has 0 aliphatic carbocycles. The van der Waals surface area contributed by atoms with Gasteiger partial charge >= 0.3 is 0 Å². The van der Waals surface area contributed by atoms with Crippen molar-refractivity contribution < 1.29 is 9.53 Å². The molecule has 10 heteroatoms. The molecule has 0 bridgehead atoms. The molecule has 39 heavy (non-hydrogen) atoms. The quantitative estimate of drug-likeness (QED) is 0.216. The van der Waals surface area contributed by atoms with Crippen LogP contribution in [0.5, 0.6) is 5.19 Å². The molecule has 2 saturated heterocycles. The minimum absolute atomic E-state index is 0.0712. The van der Waals surface area contributed by atoms with Crippen molar-refractivity contribution in [2.75, 3.05) is 24.5 Å². The third-order valence-corrected chi connectivity index (χ3v) is 9.41. The van der Waals surface area contributed by atoms with Crippen LogP contribution in [-0.2, 0) is 6.54 Å². The van der Waals surface area contributed by atoms with E-state index in [2.05, 4.69) is 54.8 Å². The lowest BCUT2D eigenvalue weighted by molar-refractivity contribution is 0.0908. The predicted molar refractivity (Wildman–Crippen MR) is 159 cm³/mol. The fraction of sp³-hybridized carbons (Fsp3) is 0.379. The molecular weight excluding hydrogens is 623 g/mol. The van der Waals surface area contributed by atoms with E-state index in [9.17, 15) is 4.79 Å². The molecular formula is C29H29IN6O2S. The Hall–Kier alpha value is -3.19. The molecule has 2 aliphatic heterocycles. The van der Waals surface area contributed by atoms with E-state index in [0.29, 0.717) is 25.2 Å². The number of rotatable bonds is 7. The first-order valence-electron chi connectivity index (χ1n) is 13.1. The second-order valence-electron chi connectivity index (χ2n) is 9.86. The summed E-state index contributed by atoms with van der Waals surface area (Å²) in [6, 6.07) is 19.9.